The van der Waals surface area contributed by atoms with Gasteiger partial charge >= 0.3 is 0 Å². The van der Waals surface area contributed by atoms with Crippen molar-refractivity contribution in [1.82, 2.24) is 14.5 Å². The highest BCUT2D eigenvalue weighted by Crippen LogP contribution is 2.41. The Morgan fingerprint density at radius 1 is 0.465 bits per heavy atom. The van der Waals surface area contributed by atoms with Crippen LogP contribution in [0.15, 0.2) is 136 Å². The second kappa shape index (κ2) is 8.30. The first kappa shape index (κ1) is 22.7. The number of fused-ring (bicyclic) bond motifs is 10. The smallest absolute Gasteiger partial charge is 0.236 e. The van der Waals surface area contributed by atoms with Gasteiger partial charge in [-0.15, -0.1) is 0 Å². The predicted molar refractivity (Wildman–Crippen MR) is 174 cm³/mol. The lowest BCUT2D eigenvalue weighted by Gasteiger charge is -2.10. The molecule has 5 nitrogen and oxygen atoms in total. The largest absolute Gasteiger partial charge is 0.455 e. The van der Waals surface area contributed by atoms with E-state index in [9.17, 15) is 0 Å². The van der Waals surface area contributed by atoms with Crippen molar-refractivity contribution in [3.63, 3.8) is 0 Å². The summed E-state index contributed by atoms with van der Waals surface area (Å²) >= 11 is 0. The predicted octanol–water partition coefficient (Wildman–Crippen LogP) is 10.2. The van der Waals surface area contributed by atoms with Crippen molar-refractivity contribution in [3.05, 3.63) is 127 Å². The average Bonchev–Trinajstić information content (AvgIpc) is 3.73. The maximum Gasteiger partial charge on any atom is 0.236 e. The van der Waals surface area contributed by atoms with Gasteiger partial charge in [-0.1, -0.05) is 84.9 Å². The highest BCUT2D eigenvalue weighted by Gasteiger charge is 2.23. The maximum absolute atomic E-state index is 6.49. The van der Waals surface area contributed by atoms with Crippen LogP contribution < -0.4 is 0 Å². The van der Waals surface area contributed by atoms with E-state index in [-0.39, 0.29) is 0 Å². The molecular weight excluding hydrogens is 530 g/mol. The van der Waals surface area contributed by atoms with Crippen molar-refractivity contribution in [1.29, 1.82) is 0 Å². The van der Waals surface area contributed by atoms with Crippen LogP contribution in [0.2, 0.25) is 0 Å². The van der Waals surface area contributed by atoms with Gasteiger partial charge in [0.25, 0.3) is 0 Å². The first-order valence-corrected chi connectivity index (χ1v) is 14.3. The molecule has 0 aliphatic heterocycles. The average molecular weight is 552 g/mol. The summed E-state index contributed by atoms with van der Waals surface area (Å²) in [5, 5.41) is 7.75. The van der Waals surface area contributed by atoms with Crippen LogP contribution in [0, 0.1) is 0 Å². The van der Waals surface area contributed by atoms with E-state index in [1.165, 1.54) is 10.8 Å². The SMILES string of the molecule is c1ccc2cc3c(cc2c1)c1ccccc1n3-c1nc(-c2cccc3c2oc2ccccc23)c2oc3ccccc3c2n1. The standard InChI is InChI=1S/C38H21N3O2/c1-2-11-23-21-31-29(20-22(23)10-1)24-12-3-6-17-30(24)41(31)38-39-34-27-14-5-8-19-33(27)43-37(34)35(40-38)28-16-9-15-26-25-13-4-7-18-32(25)42-36(26)28/h1-21H. The Hall–Kier alpha value is -5.94. The monoisotopic (exact) mass is 551 g/mol. The van der Waals surface area contributed by atoms with Crippen LogP contribution >= 0.6 is 0 Å². The summed E-state index contributed by atoms with van der Waals surface area (Å²) in [4.78, 5) is 10.5. The number of nitrogens with zero attached hydrogens (tertiary/aromatic N) is 3. The Balaban J connectivity index is 1.37. The third-order valence-electron chi connectivity index (χ3n) is 8.61. The zero-order valence-electron chi connectivity index (χ0n) is 22.8. The van der Waals surface area contributed by atoms with Crippen molar-refractivity contribution in [2.45, 2.75) is 0 Å². The molecule has 4 heterocycles. The molecule has 5 heteroatoms. The second-order valence-electron chi connectivity index (χ2n) is 11.0. The molecule has 0 saturated carbocycles. The Morgan fingerprint density at radius 2 is 1.12 bits per heavy atom. The normalized spacial score (nSPS) is 12.2. The molecule has 0 amide bonds. The topological polar surface area (TPSA) is 57.0 Å². The Morgan fingerprint density at radius 3 is 1.98 bits per heavy atom. The molecule has 4 aromatic heterocycles. The minimum Gasteiger partial charge on any atom is -0.455 e. The molecule has 0 saturated heterocycles. The van der Waals surface area contributed by atoms with E-state index in [0.29, 0.717) is 17.2 Å². The number of hydrogen-bond acceptors (Lipinski definition) is 4. The lowest BCUT2D eigenvalue weighted by Crippen LogP contribution is -2.03. The van der Waals surface area contributed by atoms with Crippen LogP contribution in [0.1, 0.15) is 0 Å². The molecule has 0 bridgehead atoms. The lowest BCUT2D eigenvalue weighted by molar-refractivity contribution is 0.662. The zero-order chi connectivity index (χ0) is 28.1. The number of rotatable bonds is 2. The molecule has 0 aliphatic rings. The Bertz CT molecular complexity index is 2750. The minimum absolute atomic E-state index is 0.587. The van der Waals surface area contributed by atoms with Crippen LogP contribution in [-0.2, 0) is 0 Å². The molecular formula is C38H21N3O2. The molecule has 0 unspecified atom stereocenters. The number of para-hydroxylation sites is 4. The van der Waals surface area contributed by atoms with E-state index in [0.717, 1.165) is 65.8 Å². The van der Waals surface area contributed by atoms with Crippen molar-refractivity contribution in [2.75, 3.05) is 0 Å². The van der Waals surface area contributed by atoms with Gasteiger partial charge in [0.15, 0.2) is 5.58 Å². The van der Waals surface area contributed by atoms with E-state index in [4.69, 9.17) is 18.8 Å². The van der Waals surface area contributed by atoms with Crippen LogP contribution in [0.3, 0.4) is 0 Å². The molecule has 0 aliphatic carbocycles. The van der Waals surface area contributed by atoms with Gasteiger partial charge in [-0.05, 0) is 53.2 Å². The van der Waals surface area contributed by atoms with Gasteiger partial charge in [0.05, 0.1) is 11.0 Å². The minimum atomic E-state index is 0.587. The second-order valence-corrected chi connectivity index (χ2v) is 11.0. The number of benzene rings is 6. The van der Waals surface area contributed by atoms with E-state index in [2.05, 4.69) is 95.6 Å². The summed E-state index contributed by atoms with van der Waals surface area (Å²) in [6.07, 6.45) is 0. The fraction of sp³-hybridized carbons (Fsp3) is 0. The molecule has 200 valence electrons. The van der Waals surface area contributed by atoms with Crippen molar-refractivity contribution >= 4 is 76.6 Å². The summed E-state index contributed by atoms with van der Waals surface area (Å²) in [7, 11) is 0. The molecule has 0 atom stereocenters. The Labute approximate surface area is 244 Å². The van der Waals surface area contributed by atoms with Crippen LogP contribution in [0.5, 0.6) is 0 Å². The number of hydrogen-bond donors (Lipinski definition) is 0. The van der Waals surface area contributed by atoms with Crippen LogP contribution in [0.4, 0.5) is 0 Å². The van der Waals surface area contributed by atoms with Gasteiger partial charge in [0, 0.05) is 32.5 Å². The summed E-state index contributed by atoms with van der Waals surface area (Å²) in [5.41, 5.74) is 7.49. The van der Waals surface area contributed by atoms with E-state index < -0.39 is 0 Å². The van der Waals surface area contributed by atoms with E-state index in [1.54, 1.807) is 0 Å². The van der Waals surface area contributed by atoms with Gasteiger partial charge in [-0.2, -0.15) is 0 Å². The lowest BCUT2D eigenvalue weighted by atomic mass is 10.1. The van der Waals surface area contributed by atoms with Crippen molar-refractivity contribution in [2.24, 2.45) is 0 Å². The van der Waals surface area contributed by atoms with E-state index in [1.807, 2.05) is 36.4 Å². The number of furan rings is 2. The summed E-state index contributed by atoms with van der Waals surface area (Å²) in [6, 6.07) is 43.8. The maximum atomic E-state index is 6.49. The van der Waals surface area contributed by atoms with Crippen molar-refractivity contribution in [3.8, 4) is 17.2 Å². The molecule has 0 fully saturated rings. The first-order valence-electron chi connectivity index (χ1n) is 14.3. The fourth-order valence-corrected chi connectivity index (χ4v) is 6.67. The van der Waals surface area contributed by atoms with Crippen molar-refractivity contribution < 1.29 is 8.83 Å². The van der Waals surface area contributed by atoms with E-state index >= 15 is 0 Å². The third kappa shape index (κ3) is 3.11. The Kier molecular flexibility index (Phi) is 4.39. The molecule has 0 radical (unpaired) electrons. The zero-order valence-corrected chi connectivity index (χ0v) is 22.8. The molecule has 10 aromatic rings. The first-order chi connectivity index (χ1) is 21.3. The van der Waals surface area contributed by atoms with Gasteiger partial charge in [-0.3, -0.25) is 4.57 Å². The highest BCUT2D eigenvalue weighted by atomic mass is 16.3. The quantitative estimate of drug-likeness (QED) is 0.214. The molecule has 0 N–H and O–H groups in total. The third-order valence-corrected chi connectivity index (χ3v) is 8.61. The molecule has 10 rings (SSSR count). The highest BCUT2D eigenvalue weighted by molar-refractivity contribution is 6.15. The summed E-state index contributed by atoms with van der Waals surface area (Å²) in [5.74, 6) is 0.587. The van der Waals surface area contributed by atoms with Gasteiger partial charge in [0.2, 0.25) is 5.95 Å². The molecule has 0 spiro atoms. The van der Waals surface area contributed by atoms with Gasteiger partial charge in [-0.25, -0.2) is 9.97 Å². The molecule has 6 aromatic carbocycles. The fourth-order valence-electron chi connectivity index (χ4n) is 6.67. The van der Waals surface area contributed by atoms with Crippen LogP contribution in [-0.4, -0.2) is 14.5 Å². The van der Waals surface area contributed by atoms with Crippen LogP contribution in [0.25, 0.3) is 93.8 Å². The van der Waals surface area contributed by atoms with Gasteiger partial charge < -0.3 is 8.83 Å². The summed E-state index contributed by atoms with van der Waals surface area (Å²) in [6.45, 7) is 0. The summed E-state index contributed by atoms with van der Waals surface area (Å²) < 4.78 is 15.1. The molecule has 43 heavy (non-hydrogen) atoms. The van der Waals surface area contributed by atoms with Gasteiger partial charge in [0.1, 0.15) is 28.0 Å². The number of aromatic nitrogens is 3.